The highest BCUT2D eigenvalue weighted by molar-refractivity contribution is 14.0. The Morgan fingerprint density at radius 1 is 1.10 bits per heavy atom. The van der Waals surface area contributed by atoms with E-state index in [1.165, 1.54) is 11.1 Å². The lowest BCUT2D eigenvalue weighted by molar-refractivity contribution is 0.186. The van der Waals surface area contributed by atoms with Gasteiger partial charge in [0.05, 0.1) is 12.6 Å². The van der Waals surface area contributed by atoms with Gasteiger partial charge in [-0.25, -0.2) is 0 Å². The van der Waals surface area contributed by atoms with Gasteiger partial charge in [-0.3, -0.25) is 9.89 Å². The molecular formula is C24H35IN4O. The zero-order valence-corrected chi connectivity index (χ0v) is 20.4. The number of hydrogen-bond donors (Lipinski definition) is 3. The molecule has 0 saturated carbocycles. The van der Waals surface area contributed by atoms with E-state index in [4.69, 9.17) is 0 Å². The number of nitrogens with one attached hydrogen (secondary N) is 2. The maximum atomic E-state index is 10.4. The fraction of sp³-hybridized carbons (Fsp3) is 0.458. The summed E-state index contributed by atoms with van der Waals surface area (Å²) in [5, 5.41) is 17.3. The van der Waals surface area contributed by atoms with E-state index < -0.39 is 6.10 Å². The van der Waals surface area contributed by atoms with E-state index in [2.05, 4.69) is 57.8 Å². The van der Waals surface area contributed by atoms with Gasteiger partial charge in [0.15, 0.2) is 5.96 Å². The maximum absolute atomic E-state index is 10.4. The first-order valence-corrected chi connectivity index (χ1v) is 10.7. The summed E-state index contributed by atoms with van der Waals surface area (Å²) in [4.78, 5) is 7.14. The molecule has 1 aliphatic rings. The van der Waals surface area contributed by atoms with Crippen LogP contribution in [0.1, 0.15) is 42.6 Å². The van der Waals surface area contributed by atoms with E-state index in [9.17, 15) is 5.11 Å². The van der Waals surface area contributed by atoms with Crippen molar-refractivity contribution in [3.8, 4) is 0 Å². The average molecular weight is 522 g/mol. The summed E-state index contributed by atoms with van der Waals surface area (Å²) in [5.41, 5.74) is 3.47. The Balaban J connectivity index is 0.00000320. The number of aryl methyl sites for hydroxylation is 1. The van der Waals surface area contributed by atoms with Crippen LogP contribution in [0.15, 0.2) is 59.6 Å². The molecule has 0 bridgehead atoms. The number of benzene rings is 2. The molecule has 0 aliphatic carbocycles. The number of aliphatic hydroxyl groups excluding tert-OH is 1. The molecule has 1 atom stereocenters. The SMILES string of the molecule is CCNC(=NCC(O)c1ccc(C)cc1)NC1CCN(Cc2ccccc2)CC1.I. The van der Waals surface area contributed by atoms with Crippen LogP contribution in [0.2, 0.25) is 0 Å². The lowest BCUT2D eigenvalue weighted by Crippen LogP contribution is -2.48. The summed E-state index contributed by atoms with van der Waals surface area (Å²) in [7, 11) is 0. The fourth-order valence-corrected chi connectivity index (χ4v) is 3.66. The highest BCUT2D eigenvalue weighted by Gasteiger charge is 2.20. The molecule has 1 saturated heterocycles. The summed E-state index contributed by atoms with van der Waals surface area (Å²) in [6.07, 6.45) is 1.61. The molecule has 2 aromatic rings. The zero-order chi connectivity index (χ0) is 20.5. The molecule has 1 aliphatic heterocycles. The standard InChI is InChI=1S/C24H34N4O.HI/c1-3-25-24(26-17-23(29)21-11-9-19(2)10-12-21)27-22-13-15-28(16-14-22)18-20-7-5-4-6-8-20;/h4-12,22-23,29H,3,13-18H2,1-2H3,(H2,25,26,27);1H. The molecule has 1 unspecified atom stereocenters. The lowest BCUT2D eigenvalue weighted by Gasteiger charge is -2.33. The van der Waals surface area contributed by atoms with Crippen molar-refractivity contribution < 1.29 is 5.11 Å². The van der Waals surface area contributed by atoms with Crippen LogP contribution in [0, 0.1) is 6.92 Å². The highest BCUT2D eigenvalue weighted by atomic mass is 127. The third kappa shape index (κ3) is 7.89. The van der Waals surface area contributed by atoms with Gasteiger partial charge in [0.2, 0.25) is 0 Å². The van der Waals surface area contributed by atoms with Gasteiger partial charge in [-0.1, -0.05) is 60.2 Å². The highest BCUT2D eigenvalue weighted by Crippen LogP contribution is 2.15. The Kier molecular flexibility index (Phi) is 10.6. The van der Waals surface area contributed by atoms with Gasteiger partial charge in [-0.2, -0.15) is 0 Å². The minimum atomic E-state index is -0.584. The molecule has 0 amide bonds. The van der Waals surface area contributed by atoms with Gasteiger partial charge in [0, 0.05) is 32.2 Å². The monoisotopic (exact) mass is 522 g/mol. The molecule has 5 nitrogen and oxygen atoms in total. The van der Waals surface area contributed by atoms with E-state index in [1.807, 2.05) is 31.2 Å². The molecular weight excluding hydrogens is 487 g/mol. The van der Waals surface area contributed by atoms with Crippen LogP contribution in [-0.2, 0) is 6.54 Å². The first kappa shape index (κ1) is 24.6. The van der Waals surface area contributed by atoms with Crippen molar-refractivity contribution in [2.45, 2.75) is 45.4 Å². The minimum Gasteiger partial charge on any atom is -0.386 e. The van der Waals surface area contributed by atoms with Crippen molar-refractivity contribution in [2.24, 2.45) is 4.99 Å². The topological polar surface area (TPSA) is 59.9 Å². The largest absolute Gasteiger partial charge is 0.386 e. The molecule has 0 radical (unpaired) electrons. The Morgan fingerprint density at radius 2 is 1.77 bits per heavy atom. The average Bonchev–Trinajstić information content (AvgIpc) is 2.74. The second kappa shape index (κ2) is 12.9. The number of aliphatic hydroxyl groups is 1. The van der Waals surface area contributed by atoms with Gasteiger partial charge >= 0.3 is 0 Å². The van der Waals surface area contributed by atoms with Crippen molar-refractivity contribution in [1.82, 2.24) is 15.5 Å². The van der Waals surface area contributed by atoms with E-state index in [0.29, 0.717) is 12.6 Å². The first-order chi connectivity index (χ1) is 14.1. The summed E-state index contributed by atoms with van der Waals surface area (Å²) < 4.78 is 0. The molecule has 30 heavy (non-hydrogen) atoms. The van der Waals surface area contributed by atoms with E-state index in [-0.39, 0.29) is 24.0 Å². The van der Waals surface area contributed by atoms with Crippen LogP contribution in [0.4, 0.5) is 0 Å². The van der Waals surface area contributed by atoms with Gasteiger partial charge in [0.25, 0.3) is 0 Å². The van der Waals surface area contributed by atoms with Gasteiger partial charge in [-0.05, 0) is 37.8 Å². The molecule has 6 heteroatoms. The number of aliphatic imine (C=N–C) groups is 1. The maximum Gasteiger partial charge on any atom is 0.191 e. The Labute approximate surface area is 198 Å². The van der Waals surface area contributed by atoms with Crippen molar-refractivity contribution in [2.75, 3.05) is 26.2 Å². The second-order valence-electron chi connectivity index (χ2n) is 7.83. The zero-order valence-electron chi connectivity index (χ0n) is 18.1. The van der Waals surface area contributed by atoms with Crippen LogP contribution in [0.3, 0.4) is 0 Å². The fourth-order valence-electron chi connectivity index (χ4n) is 3.66. The summed E-state index contributed by atoms with van der Waals surface area (Å²) in [6.45, 7) is 8.45. The summed E-state index contributed by atoms with van der Waals surface area (Å²) in [5.74, 6) is 0.792. The van der Waals surface area contributed by atoms with E-state index in [1.54, 1.807) is 0 Å². The number of likely N-dealkylation sites (tertiary alicyclic amines) is 1. The van der Waals surface area contributed by atoms with Crippen LogP contribution in [0.5, 0.6) is 0 Å². The van der Waals surface area contributed by atoms with Gasteiger partial charge in [0.1, 0.15) is 0 Å². The number of halogens is 1. The molecule has 0 spiro atoms. The van der Waals surface area contributed by atoms with Crippen LogP contribution >= 0.6 is 24.0 Å². The van der Waals surface area contributed by atoms with Gasteiger partial charge in [-0.15, -0.1) is 24.0 Å². The van der Waals surface area contributed by atoms with Crippen molar-refractivity contribution in [3.05, 3.63) is 71.3 Å². The molecule has 3 rings (SSSR count). The molecule has 1 heterocycles. The lowest BCUT2D eigenvalue weighted by atomic mass is 10.0. The third-order valence-corrected chi connectivity index (χ3v) is 5.41. The molecule has 1 fully saturated rings. The third-order valence-electron chi connectivity index (χ3n) is 5.41. The van der Waals surface area contributed by atoms with Crippen molar-refractivity contribution >= 4 is 29.9 Å². The normalized spacial score (nSPS) is 16.6. The minimum absolute atomic E-state index is 0. The number of piperidine rings is 1. The number of rotatable bonds is 7. The Morgan fingerprint density at radius 3 is 2.40 bits per heavy atom. The Bertz CT molecular complexity index is 759. The molecule has 3 N–H and O–H groups in total. The number of nitrogens with zero attached hydrogens (tertiary/aromatic N) is 2. The number of guanidine groups is 1. The summed E-state index contributed by atoms with van der Waals surface area (Å²) in [6, 6.07) is 19.1. The smallest absolute Gasteiger partial charge is 0.191 e. The van der Waals surface area contributed by atoms with Crippen molar-refractivity contribution in [1.29, 1.82) is 0 Å². The molecule has 164 valence electrons. The van der Waals surface area contributed by atoms with Crippen molar-refractivity contribution in [3.63, 3.8) is 0 Å². The summed E-state index contributed by atoms with van der Waals surface area (Å²) >= 11 is 0. The molecule has 2 aromatic carbocycles. The van der Waals surface area contributed by atoms with Gasteiger partial charge < -0.3 is 15.7 Å². The predicted octanol–water partition coefficient (Wildman–Crippen LogP) is 3.87. The Hall–Kier alpha value is -1.64. The van der Waals surface area contributed by atoms with E-state index in [0.717, 1.165) is 50.5 Å². The van der Waals surface area contributed by atoms with E-state index >= 15 is 0 Å². The van der Waals surface area contributed by atoms with Crippen LogP contribution in [-0.4, -0.2) is 48.2 Å². The number of hydrogen-bond acceptors (Lipinski definition) is 3. The first-order valence-electron chi connectivity index (χ1n) is 10.7. The second-order valence-corrected chi connectivity index (χ2v) is 7.83. The predicted molar refractivity (Wildman–Crippen MR) is 135 cm³/mol. The molecule has 0 aromatic heterocycles. The quantitative estimate of drug-likeness (QED) is 0.294. The van der Waals surface area contributed by atoms with Crippen LogP contribution in [0.25, 0.3) is 0 Å². The van der Waals surface area contributed by atoms with Crippen LogP contribution < -0.4 is 10.6 Å².